The minimum atomic E-state index is 0.629. The lowest BCUT2D eigenvalue weighted by molar-refractivity contribution is 0.0305. The van der Waals surface area contributed by atoms with Crippen molar-refractivity contribution in [2.24, 2.45) is 5.92 Å². The van der Waals surface area contributed by atoms with E-state index in [9.17, 15) is 0 Å². The summed E-state index contributed by atoms with van der Waals surface area (Å²) in [5.41, 5.74) is 0.885. The highest BCUT2D eigenvalue weighted by Crippen LogP contribution is 2.31. The number of nitrogens with zero attached hydrogens (tertiary/aromatic N) is 4. The van der Waals surface area contributed by atoms with Gasteiger partial charge in [-0.1, -0.05) is 23.7 Å². The molecule has 3 saturated heterocycles. The number of piperazine rings is 1. The molecule has 3 aliphatic heterocycles. The SMILES string of the molecule is c1ccc2c(N3CCN4C[C@H](COCCCN5CCCCC5)CC[C@@H]4C3)noc2c1. The van der Waals surface area contributed by atoms with Crippen LogP contribution in [-0.4, -0.2) is 80.0 Å². The molecule has 0 N–H and O–H groups in total. The third-order valence-corrected chi connectivity index (χ3v) is 7.23. The first-order chi connectivity index (χ1) is 14.9. The molecule has 3 fully saturated rings. The molecule has 164 valence electrons. The average molecular weight is 413 g/mol. The molecule has 1 aromatic heterocycles. The van der Waals surface area contributed by atoms with Gasteiger partial charge in [0.2, 0.25) is 0 Å². The van der Waals surface area contributed by atoms with Gasteiger partial charge in [-0.3, -0.25) is 4.90 Å². The van der Waals surface area contributed by atoms with Gasteiger partial charge in [0.05, 0.1) is 12.0 Å². The Morgan fingerprint density at radius 3 is 2.83 bits per heavy atom. The Morgan fingerprint density at radius 2 is 1.90 bits per heavy atom. The summed E-state index contributed by atoms with van der Waals surface area (Å²) in [4.78, 5) is 7.71. The minimum Gasteiger partial charge on any atom is -0.381 e. The molecule has 0 saturated carbocycles. The first-order valence-corrected chi connectivity index (χ1v) is 12.0. The first-order valence-electron chi connectivity index (χ1n) is 12.0. The molecular formula is C24H36N4O2. The first kappa shape index (κ1) is 20.3. The topological polar surface area (TPSA) is 45.0 Å². The van der Waals surface area contributed by atoms with E-state index < -0.39 is 0 Å². The summed E-state index contributed by atoms with van der Waals surface area (Å²) in [6.45, 7) is 10.0. The van der Waals surface area contributed by atoms with Gasteiger partial charge < -0.3 is 19.1 Å². The van der Waals surface area contributed by atoms with Crippen LogP contribution >= 0.6 is 0 Å². The summed E-state index contributed by atoms with van der Waals surface area (Å²) >= 11 is 0. The Morgan fingerprint density at radius 1 is 1.00 bits per heavy atom. The maximum absolute atomic E-state index is 6.09. The number of hydrogen-bond acceptors (Lipinski definition) is 6. The molecule has 5 rings (SSSR count). The zero-order chi connectivity index (χ0) is 20.2. The van der Waals surface area contributed by atoms with E-state index >= 15 is 0 Å². The van der Waals surface area contributed by atoms with Crippen LogP contribution in [0.15, 0.2) is 28.8 Å². The fourth-order valence-corrected chi connectivity index (χ4v) is 5.51. The molecule has 0 radical (unpaired) electrons. The highest BCUT2D eigenvalue weighted by Gasteiger charge is 2.34. The summed E-state index contributed by atoms with van der Waals surface area (Å²) < 4.78 is 11.6. The summed E-state index contributed by atoms with van der Waals surface area (Å²) in [6.07, 6.45) is 7.89. The summed E-state index contributed by atoms with van der Waals surface area (Å²) in [5, 5.41) is 5.51. The molecule has 0 bridgehead atoms. The van der Waals surface area contributed by atoms with E-state index in [4.69, 9.17) is 9.26 Å². The third kappa shape index (κ3) is 4.66. The van der Waals surface area contributed by atoms with Gasteiger partial charge in [0.15, 0.2) is 11.4 Å². The van der Waals surface area contributed by atoms with Crippen molar-refractivity contribution in [3.63, 3.8) is 0 Å². The largest absolute Gasteiger partial charge is 0.381 e. The van der Waals surface area contributed by atoms with E-state index in [2.05, 4.69) is 32.0 Å². The predicted octanol–water partition coefficient (Wildman–Crippen LogP) is 3.62. The number of hydrogen-bond donors (Lipinski definition) is 0. The summed E-state index contributed by atoms with van der Waals surface area (Å²) in [6, 6.07) is 8.82. The van der Waals surface area contributed by atoms with Gasteiger partial charge in [0, 0.05) is 45.4 Å². The van der Waals surface area contributed by atoms with E-state index in [1.807, 2.05) is 12.1 Å². The highest BCUT2D eigenvalue weighted by molar-refractivity contribution is 5.88. The smallest absolute Gasteiger partial charge is 0.180 e. The number of benzene rings is 1. The van der Waals surface area contributed by atoms with E-state index in [1.54, 1.807) is 0 Å². The van der Waals surface area contributed by atoms with Crippen molar-refractivity contribution < 1.29 is 9.26 Å². The Balaban J connectivity index is 1.05. The molecule has 0 spiro atoms. The lowest BCUT2D eigenvalue weighted by atomic mass is 9.91. The van der Waals surface area contributed by atoms with E-state index in [-0.39, 0.29) is 0 Å². The number of piperidine rings is 2. The van der Waals surface area contributed by atoms with Gasteiger partial charge in [-0.2, -0.15) is 0 Å². The Hall–Kier alpha value is -1.63. The average Bonchev–Trinajstić information content (AvgIpc) is 3.23. The fraction of sp³-hybridized carbons (Fsp3) is 0.708. The molecule has 30 heavy (non-hydrogen) atoms. The molecular weight excluding hydrogens is 376 g/mol. The number of ether oxygens (including phenoxy) is 1. The quantitative estimate of drug-likeness (QED) is 0.647. The molecule has 0 amide bonds. The van der Waals surface area contributed by atoms with Crippen molar-refractivity contribution in [1.29, 1.82) is 0 Å². The van der Waals surface area contributed by atoms with Gasteiger partial charge >= 0.3 is 0 Å². The highest BCUT2D eigenvalue weighted by atomic mass is 16.5. The maximum atomic E-state index is 6.09. The van der Waals surface area contributed by atoms with Gasteiger partial charge in [-0.05, 0) is 63.2 Å². The van der Waals surface area contributed by atoms with Crippen molar-refractivity contribution in [3.05, 3.63) is 24.3 Å². The van der Waals surface area contributed by atoms with Crippen LogP contribution in [0, 0.1) is 5.92 Å². The van der Waals surface area contributed by atoms with Crippen LogP contribution in [0.4, 0.5) is 5.82 Å². The number of para-hydroxylation sites is 1. The van der Waals surface area contributed by atoms with E-state index in [0.717, 1.165) is 49.6 Å². The lowest BCUT2D eigenvalue weighted by Gasteiger charge is -2.46. The lowest BCUT2D eigenvalue weighted by Crippen LogP contribution is -2.57. The van der Waals surface area contributed by atoms with Crippen LogP contribution in [0.2, 0.25) is 0 Å². The standard InChI is InChI=1S/C24H36N4O2/c1-4-11-26(12-5-1)13-6-16-29-19-20-9-10-21-18-28(15-14-27(21)17-20)24-22-7-2-3-8-23(22)30-25-24/h2-3,7-8,20-21H,1,4-6,9-19H2/t20-,21-/m1/s1. The minimum absolute atomic E-state index is 0.629. The number of anilines is 1. The van der Waals surface area contributed by atoms with Crippen LogP contribution in [0.25, 0.3) is 11.0 Å². The third-order valence-electron chi connectivity index (χ3n) is 7.23. The second kappa shape index (κ2) is 9.67. The number of fused-ring (bicyclic) bond motifs is 2. The molecule has 0 aliphatic carbocycles. The molecule has 0 unspecified atom stereocenters. The van der Waals surface area contributed by atoms with Gasteiger partial charge in [0.1, 0.15) is 0 Å². The number of rotatable bonds is 7. The van der Waals surface area contributed by atoms with Crippen molar-refractivity contribution in [2.45, 2.75) is 44.6 Å². The molecule has 4 heterocycles. The number of likely N-dealkylation sites (tertiary alicyclic amines) is 1. The molecule has 6 heteroatoms. The van der Waals surface area contributed by atoms with Crippen LogP contribution in [0.5, 0.6) is 0 Å². The molecule has 1 aromatic carbocycles. The van der Waals surface area contributed by atoms with Gasteiger partial charge in [0.25, 0.3) is 0 Å². The van der Waals surface area contributed by atoms with Crippen LogP contribution < -0.4 is 4.90 Å². The van der Waals surface area contributed by atoms with Gasteiger partial charge in [-0.15, -0.1) is 0 Å². The van der Waals surface area contributed by atoms with Crippen molar-refractivity contribution in [2.75, 3.05) is 63.9 Å². The Kier molecular flexibility index (Phi) is 6.54. The van der Waals surface area contributed by atoms with Crippen LogP contribution in [0.3, 0.4) is 0 Å². The van der Waals surface area contributed by atoms with Crippen molar-refractivity contribution >= 4 is 16.8 Å². The van der Waals surface area contributed by atoms with Crippen LogP contribution in [-0.2, 0) is 4.74 Å². The second-order valence-corrected chi connectivity index (χ2v) is 9.37. The van der Waals surface area contributed by atoms with Crippen LogP contribution in [0.1, 0.15) is 38.5 Å². The number of aromatic nitrogens is 1. The van der Waals surface area contributed by atoms with Crippen molar-refractivity contribution in [3.8, 4) is 0 Å². The zero-order valence-corrected chi connectivity index (χ0v) is 18.2. The zero-order valence-electron chi connectivity index (χ0n) is 18.2. The molecule has 2 aromatic rings. The molecule has 2 atom stereocenters. The molecule has 6 nitrogen and oxygen atoms in total. The Labute approximate surface area is 180 Å². The second-order valence-electron chi connectivity index (χ2n) is 9.37. The fourth-order valence-electron chi connectivity index (χ4n) is 5.51. The van der Waals surface area contributed by atoms with E-state index in [1.165, 1.54) is 64.7 Å². The summed E-state index contributed by atoms with van der Waals surface area (Å²) in [7, 11) is 0. The monoisotopic (exact) mass is 412 g/mol. The Bertz CT molecular complexity index is 803. The van der Waals surface area contributed by atoms with E-state index in [0.29, 0.717) is 12.0 Å². The predicted molar refractivity (Wildman–Crippen MR) is 120 cm³/mol. The van der Waals surface area contributed by atoms with Crippen molar-refractivity contribution in [1.82, 2.24) is 15.0 Å². The maximum Gasteiger partial charge on any atom is 0.180 e. The van der Waals surface area contributed by atoms with Gasteiger partial charge in [-0.25, -0.2) is 0 Å². The summed E-state index contributed by atoms with van der Waals surface area (Å²) in [5.74, 6) is 1.71. The molecule has 3 aliphatic rings. The normalized spacial score (nSPS) is 26.2.